The van der Waals surface area contributed by atoms with Gasteiger partial charge in [-0.1, -0.05) is 38.5 Å². The Kier molecular flexibility index (Phi) is 6.64. The first-order valence-electron chi connectivity index (χ1n) is 11.5. The fraction of sp³-hybridized carbons (Fsp3) is 0.538. The first-order valence-corrected chi connectivity index (χ1v) is 12.7. The van der Waals surface area contributed by atoms with Gasteiger partial charge in [-0.15, -0.1) is 0 Å². The van der Waals surface area contributed by atoms with Crippen molar-refractivity contribution < 1.29 is 14.8 Å². The van der Waals surface area contributed by atoms with Gasteiger partial charge in [-0.3, -0.25) is 0 Å². The molecular weight excluding hydrogens is 392 g/mol. The second-order valence-corrected chi connectivity index (χ2v) is 10.7. The maximum Gasteiger partial charge on any atom is 0.161 e. The van der Waals surface area contributed by atoms with Crippen molar-refractivity contribution in [2.75, 3.05) is 0 Å². The fourth-order valence-corrected chi connectivity index (χ4v) is 6.78. The van der Waals surface area contributed by atoms with E-state index in [2.05, 4.69) is 0 Å². The summed E-state index contributed by atoms with van der Waals surface area (Å²) in [7, 11) is 0. The van der Waals surface area contributed by atoms with Gasteiger partial charge < -0.3 is 14.8 Å². The van der Waals surface area contributed by atoms with Crippen LogP contribution in [0.3, 0.4) is 0 Å². The van der Waals surface area contributed by atoms with Crippen LogP contribution >= 0.6 is 0 Å². The zero-order chi connectivity index (χ0) is 21.3. The molecule has 4 rings (SSSR count). The number of phenols is 2. The Morgan fingerprint density at radius 2 is 1.03 bits per heavy atom. The van der Waals surface area contributed by atoms with E-state index in [-0.39, 0.29) is 0 Å². The highest BCUT2D eigenvalue weighted by Crippen LogP contribution is 2.42. The van der Waals surface area contributed by atoms with E-state index in [9.17, 15) is 14.8 Å². The standard InChI is InChI=1S/C26H34O3S/c1-17-13-23(27)21(19-9-5-3-6-10-19)15-25(17)30(29)26-16-22(24(28)14-18(26)2)20-11-7-4-8-12-20/h13-16,19-20,27-28H,3-12H2,1-2H3. The molecule has 2 aromatic rings. The van der Waals surface area contributed by atoms with Crippen molar-refractivity contribution >= 4 is 11.2 Å². The third-order valence-corrected chi connectivity index (χ3v) is 8.82. The quantitative estimate of drug-likeness (QED) is 0.519. The third kappa shape index (κ3) is 4.36. The van der Waals surface area contributed by atoms with E-state index in [0.29, 0.717) is 23.3 Å². The molecule has 2 N–H and O–H groups in total. The van der Waals surface area contributed by atoms with Crippen LogP contribution in [0.15, 0.2) is 34.1 Å². The molecule has 0 aliphatic heterocycles. The summed E-state index contributed by atoms with van der Waals surface area (Å²) < 4.78 is 13.7. The predicted molar refractivity (Wildman–Crippen MR) is 122 cm³/mol. The average molecular weight is 427 g/mol. The second-order valence-electron chi connectivity index (χ2n) is 9.29. The van der Waals surface area contributed by atoms with Crippen molar-refractivity contribution in [2.24, 2.45) is 0 Å². The molecule has 2 aromatic carbocycles. The average Bonchev–Trinajstić information content (AvgIpc) is 2.75. The normalized spacial score (nSPS) is 18.8. The zero-order valence-electron chi connectivity index (χ0n) is 18.2. The first kappa shape index (κ1) is 21.6. The Bertz CT molecular complexity index is 822. The summed E-state index contributed by atoms with van der Waals surface area (Å²) in [6.45, 7) is 3.85. The molecule has 0 radical (unpaired) electrons. The molecule has 0 atom stereocenters. The number of hydrogen-bond acceptors (Lipinski definition) is 3. The molecule has 2 aliphatic rings. The van der Waals surface area contributed by atoms with Crippen LogP contribution in [0.5, 0.6) is 11.5 Å². The minimum Gasteiger partial charge on any atom is -0.606 e. The van der Waals surface area contributed by atoms with Crippen molar-refractivity contribution in [3.05, 3.63) is 46.5 Å². The van der Waals surface area contributed by atoms with Crippen molar-refractivity contribution in [2.45, 2.75) is 99.7 Å². The molecule has 0 bridgehead atoms. The van der Waals surface area contributed by atoms with Gasteiger partial charge in [0, 0.05) is 45.6 Å². The maximum atomic E-state index is 13.7. The number of aryl methyl sites for hydroxylation is 2. The van der Waals surface area contributed by atoms with E-state index >= 15 is 0 Å². The highest BCUT2D eigenvalue weighted by atomic mass is 32.2. The van der Waals surface area contributed by atoms with E-state index in [1.54, 1.807) is 12.1 Å². The summed E-state index contributed by atoms with van der Waals surface area (Å²) >= 11 is -1.34. The van der Waals surface area contributed by atoms with Crippen LogP contribution in [-0.4, -0.2) is 14.8 Å². The lowest BCUT2D eigenvalue weighted by molar-refractivity contribution is 0.413. The Morgan fingerprint density at radius 3 is 1.40 bits per heavy atom. The monoisotopic (exact) mass is 426 g/mol. The highest BCUT2D eigenvalue weighted by Gasteiger charge is 2.28. The first-order chi connectivity index (χ1) is 14.5. The van der Waals surface area contributed by atoms with Crippen molar-refractivity contribution in [3.63, 3.8) is 0 Å². The van der Waals surface area contributed by atoms with Crippen LogP contribution < -0.4 is 0 Å². The maximum absolute atomic E-state index is 13.7. The molecule has 4 heteroatoms. The largest absolute Gasteiger partial charge is 0.606 e. The molecule has 3 nitrogen and oxygen atoms in total. The summed E-state index contributed by atoms with van der Waals surface area (Å²) in [6, 6.07) is 7.55. The van der Waals surface area contributed by atoms with Crippen LogP contribution in [0.2, 0.25) is 0 Å². The van der Waals surface area contributed by atoms with Crippen LogP contribution in [-0.2, 0) is 11.2 Å². The van der Waals surface area contributed by atoms with E-state index in [0.717, 1.165) is 57.7 Å². The van der Waals surface area contributed by atoms with E-state index in [1.807, 2.05) is 26.0 Å². The van der Waals surface area contributed by atoms with Gasteiger partial charge in [0.15, 0.2) is 9.79 Å². The summed E-state index contributed by atoms with van der Waals surface area (Å²) in [5.41, 5.74) is 3.62. The molecule has 0 unspecified atom stereocenters. The van der Waals surface area contributed by atoms with Gasteiger partial charge in [-0.25, -0.2) is 0 Å². The smallest absolute Gasteiger partial charge is 0.161 e. The SMILES string of the molecule is Cc1cc(O)c(C2CCCCC2)cc1[S+]([O-])c1cc(C2CCCCC2)c(O)cc1C. The number of phenolic OH excluding ortho intramolecular Hbond substituents is 2. The molecule has 162 valence electrons. The lowest BCUT2D eigenvalue weighted by Crippen LogP contribution is -2.11. The van der Waals surface area contributed by atoms with Crippen LogP contribution in [0.1, 0.15) is 98.3 Å². The molecule has 2 fully saturated rings. The molecule has 0 spiro atoms. The summed E-state index contributed by atoms with van der Waals surface area (Å²) in [5, 5.41) is 21.2. The summed E-state index contributed by atoms with van der Waals surface area (Å²) in [4.78, 5) is 1.58. The zero-order valence-corrected chi connectivity index (χ0v) is 19.1. The van der Waals surface area contributed by atoms with Crippen molar-refractivity contribution in [1.82, 2.24) is 0 Å². The van der Waals surface area contributed by atoms with Crippen LogP contribution in [0.4, 0.5) is 0 Å². The lowest BCUT2D eigenvalue weighted by atomic mass is 9.83. The lowest BCUT2D eigenvalue weighted by Gasteiger charge is -2.25. The molecule has 0 saturated heterocycles. The number of hydrogen-bond donors (Lipinski definition) is 2. The molecule has 0 aromatic heterocycles. The Balaban J connectivity index is 1.71. The summed E-state index contributed by atoms with van der Waals surface area (Å²) in [6.07, 6.45) is 11.7. The van der Waals surface area contributed by atoms with Crippen LogP contribution in [0, 0.1) is 13.8 Å². The van der Waals surface area contributed by atoms with Gasteiger partial charge >= 0.3 is 0 Å². The molecule has 30 heavy (non-hydrogen) atoms. The van der Waals surface area contributed by atoms with Gasteiger partial charge in [-0.05, 0) is 63.5 Å². The van der Waals surface area contributed by atoms with Gasteiger partial charge in [0.2, 0.25) is 0 Å². The third-order valence-electron chi connectivity index (χ3n) is 7.14. The number of benzene rings is 2. The molecule has 0 heterocycles. The Hall–Kier alpha value is -1.65. The van der Waals surface area contributed by atoms with Gasteiger partial charge in [0.05, 0.1) is 0 Å². The minimum atomic E-state index is -1.34. The predicted octanol–water partition coefficient (Wildman–Crippen LogP) is 6.98. The van der Waals surface area contributed by atoms with Gasteiger partial charge in [0.1, 0.15) is 11.5 Å². The van der Waals surface area contributed by atoms with Crippen LogP contribution in [0.25, 0.3) is 0 Å². The van der Waals surface area contributed by atoms with E-state index in [4.69, 9.17) is 0 Å². The van der Waals surface area contributed by atoms with Gasteiger partial charge in [-0.2, -0.15) is 0 Å². The Labute approximate surface area is 183 Å². The number of aromatic hydroxyl groups is 2. The Morgan fingerprint density at radius 1 is 0.667 bits per heavy atom. The molecule has 2 aliphatic carbocycles. The molecule has 2 saturated carbocycles. The van der Waals surface area contributed by atoms with Gasteiger partial charge in [0.25, 0.3) is 0 Å². The van der Waals surface area contributed by atoms with E-state index < -0.39 is 11.2 Å². The minimum absolute atomic E-state index is 0.338. The highest BCUT2D eigenvalue weighted by molar-refractivity contribution is 7.91. The molecule has 0 amide bonds. The molecular formula is C26H34O3S. The van der Waals surface area contributed by atoms with Crippen molar-refractivity contribution in [1.29, 1.82) is 0 Å². The summed E-state index contributed by atoms with van der Waals surface area (Å²) in [5.74, 6) is 1.39. The number of rotatable bonds is 4. The topological polar surface area (TPSA) is 63.5 Å². The van der Waals surface area contributed by atoms with E-state index in [1.165, 1.54) is 38.5 Å². The van der Waals surface area contributed by atoms with Crippen molar-refractivity contribution in [3.8, 4) is 11.5 Å². The fourth-order valence-electron chi connectivity index (χ4n) is 5.38. The second kappa shape index (κ2) is 9.23.